The van der Waals surface area contributed by atoms with E-state index in [1.807, 2.05) is 0 Å². The number of rotatable bonds is 3. The molecule has 21 heavy (non-hydrogen) atoms. The van der Waals surface area contributed by atoms with Gasteiger partial charge in [0, 0.05) is 18.2 Å². The molecule has 1 atom stereocenters. The topological polar surface area (TPSA) is 76.7 Å². The van der Waals surface area contributed by atoms with E-state index >= 15 is 0 Å². The van der Waals surface area contributed by atoms with Gasteiger partial charge in [-0.1, -0.05) is 24.0 Å². The maximum absolute atomic E-state index is 12.0. The minimum atomic E-state index is -0.463. The Morgan fingerprint density at radius 3 is 2.86 bits per heavy atom. The van der Waals surface area contributed by atoms with Gasteiger partial charge in [-0.05, 0) is 12.1 Å². The van der Waals surface area contributed by atoms with Crippen molar-refractivity contribution >= 4 is 45.8 Å². The summed E-state index contributed by atoms with van der Waals surface area (Å²) in [5.41, 5.74) is 0.607. The second-order valence-electron chi connectivity index (χ2n) is 4.49. The molecule has 0 aliphatic carbocycles. The van der Waals surface area contributed by atoms with Gasteiger partial charge < -0.3 is 20.1 Å². The van der Waals surface area contributed by atoms with E-state index in [-0.39, 0.29) is 18.2 Å². The molecule has 2 aliphatic rings. The molecule has 2 N–H and O–H groups in total. The number of amides is 2. The summed E-state index contributed by atoms with van der Waals surface area (Å²) in [5, 5.41) is 4.80. The Hall–Kier alpha value is -1.80. The predicted molar refractivity (Wildman–Crippen MR) is 82.8 cm³/mol. The molecular formula is C13H12N2O4S2. The summed E-state index contributed by atoms with van der Waals surface area (Å²) < 4.78 is 11.3. The van der Waals surface area contributed by atoms with Crippen LogP contribution in [0.4, 0.5) is 5.69 Å². The van der Waals surface area contributed by atoms with Crippen LogP contribution in [0.1, 0.15) is 6.42 Å². The minimum Gasteiger partial charge on any atom is -0.486 e. The van der Waals surface area contributed by atoms with E-state index in [1.54, 1.807) is 18.2 Å². The van der Waals surface area contributed by atoms with Crippen molar-refractivity contribution in [3.63, 3.8) is 0 Å². The molecule has 0 aromatic heterocycles. The summed E-state index contributed by atoms with van der Waals surface area (Å²) in [5.74, 6) is 0.801. The lowest BCUT2D eigenvalue weighted by atomic mass is 10.2. The van der Waals surface area contributed by atoms with Gasteiger partial charge in [-0.25, -0.2) is 0 Å². The standard InChI is InChI=1S/C13H12N2O4S2/c16-11(6-10-12(17)15-13(20)21-10)14-7-1-2-8-9(5-7)19-4-3-18-8/h1-2,5,10H,3-4,6H2,(H,14,16)(H,15,17,20). The zero-order valence-corrected chi connectivity index (χ0v) is 12.5. The number of hydrogen-bond donors (Lipinski definition) is 2. The zero-order valence-electron chi connectivity index (χ0n) is 10.9. The lowest BCUT2D eigenvalue weighted by Gasteiger charge is -2.19. The van der Waals surface area contributed by atoms with Crippen LogP contribution in [-0.2, 0) is 9.59 Å². The number of thioether (sulfide) groups is 1. The highest BCUT2D eigenvalue weighted by Crippen LogP contribution is 2.32. The first-order valence-corrected chi connectivity index (χ1v) is 7.61. The first kappa shape index (κ1) is 14.2. The van der Waals surface area contributed by atoms with Gasteiger partial charge in [0.25, 0.3) is 0 Å². The summed E-state index contributed by atoms with van der Waals surface area (Å²) in [6, 6.07) is 5.19. The Bertz CT molecular complexity index is 620. The van der Waals surface area contributed by atoms with Gasteiger partial charge in [0.2, 0.25) is 11.8 Å². The lowest BCUT2D eigenvalue weighted by Crippen LogP contribution is -2.27. The molecule has 1 fully saturated rings. The fourth-order valence-corrected chi connectivity index (χ4v) is 3.30. The fraction of sp³-hybridized carbons (Fsp3) is 0.308. The Morgan fingerprint density at radius 1 is 1.38 bits per heavy atom. The predicted octanol–water partition coefficient (Wildman–Crippen LogP) is 1.30. The molecule has 6 nitrogen and oxygen atoms in total. The summed E-state index contributed by atoms with van der Waals surface area (Å²) >= 11 is 6.09. The third-order valence-corrected chi connectivity index (χ3v) is 4.34. The molecule has 0 bridgehead atoms. The van der Waals surface area contributed by atoms with Crippen LogP contribution in [0.25, 0.3) is 0 Å². The van der Waals surface area contributed by atoms with Crippen molar-refractivity contribution in [1.82, 2.24) is 5.32 Å². The largest absolute Gasteiger partial charge is 0.486 e. The number of benzene rings is 1. The molecule has 110 valence electrons. The van der Waals surface area contributed by atoms with Crippen LogP contribution < -0.4 is 20.1 Å². The maximum atomic E-state index is 12.0. The van der Waals surface area contributed by atoms with Crippen LogP contribution >= 0.6 is 24.0 Å². The van der Waals surface area contributed by atoms with E-state index in [0.717, 1.165) is 0 Å². The average molecular weight is 324 g/mol. The van der Waals surface area contributed by atoms with Crippen LogP contribution in [-0.4, -0.2) is 34.6 Å². The Morgan fingerprint density at radius 2 is 2.14 bits per heavy atom. The molecule has 1 unspecified atom stereocenters. The van der Waals surface area contributed by atoms with E-state index in [4.69, 9.17) is 21.7 Å². The highest BCUT2D eigenvalue weighted by Gasteiger charge is 2.31. The van der Waals surface area contributed by atoms with Gasteiger partial charge in [0.05, 0.1) is 5.25 Å². The summed E-state index contributed by atoms with van der Waals surface area (Å²) in [6.45, 7) is 1.01. The smallest absolute Gasteiger partial charge is 0.239 e. The third-order valence-electron chi connectivity index (χ3n) is 2.96. The Kier molecular flexibility index (Phi) is 3.98. The number of ether oxygens (including phenoxy) is 2. The van der Waals surface area contributed by atoms with Crippen molar-refractivity contribution in [2.24, 2.45) is 0 Å². The number of carbonyl (C=O) groups is 2. The fourth-order valence-electron chi connectivity index (χ4n) is 2.03. The normalized spacial score (nSPS) is 20.1. The van der Waals surface area contributed by atoms with E-state index in [0.29, 0.717) is 34.7 Å². The minimum absolute atomic E-state index is 0.0745. The van der Waals surface area contributed by atoms with Crippen molar-refractivity contribution < 1.29 is 19.1 Å². The van der Waals surface area contributed by atoms with Crippen molar-refractivity contribution in [1.29, 1.82) is 0 Å². The average Bonchev–Trinajstić information content (AvgIpc) is 2.76. The number of fused-ring (bicyclic) bond motifs is 1. The molecule has 0 spiro atoms. The van der Waals surface area contributed by atoms with Gasteiger partial charge in [-0.2, -0.15) is 0 Å². The first-order valence-electron chi connectivity index (χ1n) is 6.33. The van der Waals surface area contributed by atoms with Crippen LogP contribution in [0.15, 0.2) is 18.2 Å². The quantitative estimate of drug-likeness (QED) is 0.816. The molecule has 1 aromatic rings. The number of thiocarbonyl (C=S) groups is 1. The van der Waals surface area contributed by atoms with Gasteiger partial charge >= 0.3 is 0 Å². The molecule has 1 aromatic carbocycles. The highest BCUT2D eigenvalue weighted by atomic mass is 32.2. The molecular weight excluding hydrogens is 312 g/mol. The molecule has 8 heteroatoms. The molecule has 2 heterocycles. The van der Waals surface area contributed by atoms with Crippen molar-refractivity contribution in [2.75, 3.05) is 18.5 Å². The van der Waals surface area contributed by atoms with E-state index in [2.05, 4.69) is 10.6 Å². The Balaban J connectivity index is 1.62. The van der Waals surface area contributed by atoms with Gasteiger partial charge in [-0.3, -0.25) is 9.59 Å². The van der Waals surface area contributed by atoms with E-state index in [1.165, 1.54) is 11.8 Å². The number of anilines is 1. The van der Waals surface area contributed by atoms with Gasteiger partial charge in [0.15, 0.2) is 11.5 Å². The SMILES string of the molecule is O=C(CC1SC(=S)NC1=O)Nc1ccc2c(c1)OCCO2. The number of carbonyl (C=O) groups excluding carboxylic acids is 2. The van der Waals surface area contributed by atoms with Gasteiger partial charge in [0.1, 0.15) is 17.5 Å². The lowest BCUT2D eigenvalue weighted by molar-refractivity contribution is -0.122. The number of nitrogens with one attached hydrogen (secondary N) is 2. The summed E-state index contributed by atoms with van der Waals surface area (Å²) in [6.07, 6.45) is 0.0745. The van der Waals surface area contributed by atoms with E-state index in [9.17, 15) is 9.59 Å². The third kappa shape index (κ3) is 3.27. The second-order valence-corrected chi connectivity index (χ2v) is 6.37. The van der Waals surface area contributed by atoms with Crippen LogP contribution in [0, 0.1) is 0 Å². The highest BCUT2D eigenvalue weighted by molar-refractivity contribution is 8.24. The molecule has 1 saturated heterocycles. The Labute approximate surface area is 130 Å². The number of hydrogen-bond acceptors (Lipinski definition) is 6. The molecule has 3 rings (SSSR count). The summed E-state index contributed by atoms with van der Waals surface area (Å²) in [7, 11) is 0. The van der Waals surface area contributed by atoms with Crippen molar-refractivity contribution in [2.45, 2.75) is 11.7 Å². The molecule has 2 amide bonds. The van der Waals surface area contributed by atoms with E-state index < -0.39 is 5.25 Å². The first-order chi connectivity index (χ1) is 10.1. The van der Waals surface area contributed by atoms with Crippen LogP contribution in [0.5, 0.6) is 11.5 Å². The molecule has 2 aliphatic heterocycles. The van der Waals surface area contributed by atoms with Crippen molar-refractivity contribution in [3.05, 3.63) is 18.2 Å². The monoisotopic (exact) mass is 324 g/mol. The molecule has 0 radical (unpaired) electrons. The maximum Gasteiger partial charge on any atom is 0.239 e. The zero-order chi connectivity index (χ0) is 14.8. The molecule has 0 saturated carbocycles. The van der Waals surface area contributed by atoms with Crippen LogP contribution in [0.3, 0.4) is 0 Å². The van der Waals surface area contributed by atoms with Crippen molar-refractivity contribution in [3.8, 4) is 11.5 Å². The van der Waals surface area contributed by atoms with Crippen LogP contribution in [0.2, 0.25) is 0 Å². The second kappa shape index (κ2) is 5.90. The summed E-state index contributed by atoms with van der Waals surface area (Å²) in [4.78, 5) is 23.5. The van der Waals surface area contributed by atoms with Gasteiger partial charge in [-0.15, -0.1) is 0 Å².